The summed E-state index contributed by atoms with van der Waals surface area (Å²) in [7, 11) is 0. The molecule has 0 aliphatic carbocycles. The topological polar surface area (TPSA) is 39.3 Å². The van der Waals surface area contributed by atoms with Gasteiger partial charge in [0, 0.05) is 49.0 Å². The van der Waals surface area contributed by atoms with Crippen LogP contribution in [0, 0.1) is 0 Å². The lowest BCUT2D eigenvalue weighted by Crippen LogP contribution is -2.50. The summed E-state index contributed by atoms with van der Waals surface area (Å²) in [5, 5.41) is 0.799. The number of nitrogens with zero attached hydrogens (tertiary/aromatic N) is 2. The smallest absolute Gasteiger partial charge is 0.240 e. The Balaban J connectivity index is 1.75. The number of amides is 1. The van der Waals surface area contributed by atoms with E-state index in [1.165, 1.54) is 11.1 Å². The number of benzene rings is 1. The Labute approximate surface area is 123 Å². The highest BCUT2D eigenvalue weighted by Crippen LogP contribution is 2.27. The van der Waals surface area contributed by atoms with Crippen LogP contribution < -0.4 is 4.90 Å². The average Bonchev–Trinajstić information content (AvgIpc) is 2.95. The van der Waals surface area contributed by atoms with Gasteiger partial charge in [0.15, 0.2) is 0 Å². The third-order valence-corrected chi connectivity index (χ3v) is 4.03. The Kier molecular flexibility index (Phi) is 3.57. The maximum absolute atomic E-state index is 11.9. The lowest BCUT2D eigenvalue weighted by Gasteiger charge is -2.36. The fourth-order valence-corrected chi connectivity index (χ4v) is 2.90. The molecule has 1 aliphatic heterocycles. The Morgan fingerprint density at radius 1 is 1.25 bits per heavy atom. The highest BCUT2D eigenvalue weighted by molar-refractivity contribution is 6.30. The summed E-state index contributed by atoms with van der Waals surface area (Å²) in [6.07, 6.45) is 1.96. The summed E-state index contributed by atoms with van der Waals surface area (Å²) in [6, 6.07) is 8.38. The van der Waals surface area contributed by atoms with Crippen LogP contribution in [-0.2, 0) is 4.79 Å². The van der Waals surface area contributed by atoms with Gasteiger partial charge in [-0.1, -0.05) is 6.07 Å². The summed E-state index contributed by atoms with van der Waals surface area (Å²) < 4.78 is 0. The van der Waals surface area contributed by atoms with E-state index in [9.17, 15) is 4.79 Å². The molecular formula is C15H18ClN3O. The summed E-state index contributed by atoms with van der Waals surface area (Å²) in [5.74, 6) is 0.0335. The summed E-state index contributed by atoms with van der Waals surface area (Å²) >= 11 is 5.87. The van der Waals surface area contributed by atoms with Gasteiger partial charge in [0.2, 0.25) is 5.91 Å². The normalized spacial score (nSPS) is 17.5. The van der Waals surface area contributed by atoms with E-state index >= 15 is 0 Å². The van der Waals surface area contributed by atoms with Crippen molar-refractivity contribution in [2.24, 2.45) is 0 Å². The number of anilines is 1. The molecule has 1 aromatic carbocycles. The lowest BCUT2D eigenvalue weighted by atomic mass is 10.1. The van der Waals surface area contributed by atoms with E-state index in [-0.39, 0.29) is 5.91 Å². The fraction of sp³-hybridized carbons (Fsp3) is 0.400. The number of hydrogen-bond donors (Lipinski definition) is 1. The second-order valence-corrected chi connectivity index (χ2v) is 5.80. The summed E-state index contributed by atoms with van der Waals surface area (Å²) in [4.78, 5) is 19.3. The van der Waals surface area contributed by atoms with Gasteiger partial charge in [-0.3, -0.25) is 4.79 Å². The van der Waals surface area contributed by atoms with Gasteiger partial charge in [-0.05, 0) is 25.1 Å². The van der Waals surface area contributed by atoms with Crippen LogP contribution in [0.5, 0.6) is 0 Å². The first-order chi connectivity index (χ1) is 9.66. The second kappa shape index (κ2) is 5.37. The molecule has 5 heteroatoms. The number of fused-ring (bicyclic) bond motifs is 1. The third kappa shape index (κ3) is 2.36. The first kappa shape index (κ1) is 13.3. The van der Waals surface area contributed by atoms with E-state index in [4.69, 9.17) is 11.6 Å². The molecule has 3 rings (SSSR count). The van der Waals surface area contributed by atoms with E-state index in [1.807, 2.05) is 11.1 Å². The van der Waals surface area contributed by atoms with Gasteiger partial charge < -0.3 is 14.8 Å². The monoisotopic (exact) mass is 291 g/mol. The van der Waals surface area contributed by atoms with Crippen LogP contribution in [0.4, 0.5) is 5.69 Å². The van der Waals surface area contributed by atoms with Crippen LogP contribution in [0.25, 0.3) is 10.9 Å². The number of halogens is 1. The first-order valence-corrected chi connectivity index (χ1v) is 7.34. The van der Waals surface area contributed by atoms with Crippen molar-refractivity contribution >= 4 is 34.1 Å². The minimum absolute atomic E-state index is 0.0335. The fourth-order valence-electron chi connectivity index (χ4n) is 2.76. The highest BCUT2D eigenvalue weighted by atomic mass is 35.5. The molecule has 0 radical (unpaired) electrons. The molecule has 4 nitrogen and oxygen atoms in total. The molecule has 1 aromatic heterocycles. The van der Waals surface area contributed by atoms with Gasteiger partial charge >= 0.3 is 0 Å². The van der Waals surface area contributed by atoms with E-state index < -0.39 is 5.38 Å². The number of carbonyl (C=O) groups excluding carboxylic acids is 1. The van der Waals surface area contributed by atoms with E-state index in [2.05, 4.69) is 34.1 Å². The molecule has 1 atom stereocenters. The van der Waals surface area contributed by atoms with E-state index in [0.717, 1.165) is 31.7 Å². The van der Waals surface area contributed by atoms with Crippen molar-refractivity contribution < 1.29 is 4.79 Å². The molecule has 1 N–H and O–H groups in total. The molecule has 0 saturated carbocycles. The Bertz CT molecular complexity index is 614. The summed E-state index contributed by atoms with van der Waals surface area (Å²) in [5.41, 5.74) is 2.38. The van der Waals surface area contributed by atoms with Crippen molar-refractivity contribution in [3.05, 3.63) is 30.5 Å². The number of piperazine rings is 1. The quantitative estimate of drug-likeness (QED) is 0.863. The van der Waals surface area contributed by atoms with Crippen LogP contribution in [-0.4, -0.2) is 47.3 Å². The molecule has 106 valence electrons. The number of carbonyl (C=O) groups is 1. The van der Waals surface area contributed by atoms with Crippen molar-refractivity contribution in [3.63, 3.8) is 0 Å². The molecule has 1 saturated heterocycles. The molecule has 0 unspecified atom stereocenters. The maximum atomic E-state index is 11.9. The number of rotatable bonds is 2. The largest absolute Gasteiger partial charge is 0.367 e. The molecule has 0 bridgehead atoms. The average molecular weight is 292 g/mol. The predicted octanol–water partition coefficient (Wildman–Crippen LogP) is 2.44. The molecule has 0 spiro atoms. The SMILES string of the molecule is C[C@H](Cl)C(=O)N1CCN(c2cccc3[nH]ccc23)CC1. The second-order valence-electron chi connectivity index (χ2n) is 5.14. The zero-order chi connectivity index (χ0) is 14.1. The Morgan fingerprint density at radius 2 is 2.00 bits per heavy atom. The van der Waals surface area contributed by atoms with Gasteiger partial charge in [-0.25, -0.2) is 0 Å². The third-order valence-electron chi connectivity index (χ3n) is 3.84. The van der Waals surface area contributed by atoms with Crippen LogP contribution in [0.3, 0.4) is 0 Å². The zero-order valence-corrected chi connectivity index (χ0v) is 12.2. The number of aromatic nitrogens is 1. The molecule has 20 heavy (non-hydrogen) atoms. The van der Waals surface area contributed by atoms with Gasteiger partial charge in [0.25, 0.3) is 0 Å². The van der Waals surface area contributed by atoms with Crippen molar-refractivity contribution in [2.75, 3.05) is 31.1 Å². The molecule has 1 aliphatic rings. The minimum Gasteiger partial charge on any atom is -0.367 e. The number of H-pyrrole nitrogens is 1. The standard InChI is InChI=1S/C15H18ClN3O/c1-11(16)15(20)19-9-7-18(8-10-19)14-4-2-3-13-12(14)5-6-17-13/h2-6,11,17H,7-10H2,1H3/t11-/m0/s1. The number of nitrogens with one attached hydrogen (secondary N) is 1. The van der Waals surface area contributed by atoms with Crippen LogP contribution in [0.1, 0.15) is 6.92 Å². The van der Waals surface area contributed by atoms with Crippen LogP contribution in [0.15, 0.2) is 30.5 Å². The Hall–Kier alpha value is -1.68. The van der Waals surface area contributed by atoms with Crippen LogP contribution in [0.2, 0.25) is 0 Å². The highest BCUT2D eigenvalue weighted by Gasteiger charge is 2.24. The zero-order valence-electron chi connectivity index (χ0n) is 11.5. The van der Waals surface area contributed by atoms with E-state index in [0.29, 0.717) is 0 Å². The van der Waals surface area contributed by atoms with Crippen molar-refractivity contribution in [1.29, 1.82) is 0 Å². The minimum atomic E-state index is -0.436. The number of alkyl halides is 1. The molecular weight excluding hydrogens is 274 g/mol. The molecule has 1 fully saturated rings. The molecule has 2 heterocycles. The lowest BCUT2D eigenvalue weighted by molar-refractivity contribution is -0.130. The number of aromatic amines is 1. The van der Waals surface area contributed by atoms with Crippen molar-refractivity contribution in [1.82, 2.24) is 9.88 Å². The molecule has 1 amide bonds. The van der Waals surface area contributed by atoms with Gasteiger partial charge in [-0.2, -0.15) is 0 Å². The van der Waals surface area contributed by atoms with Crippen LogP contribution >= 0.6 is 11.6 Å². The first-order valence-electron chi connectivity index (χ1n) is 6.91. The van der Waals surface area contributed by atoms with Crippen molar-refractivity contribution in [3.8, 4) is 0 Å². The maximum Gasteiger partial charge on any atom is 0.240 e. The van der Waals surface area contributed by atoms with E-state index in [1.54, 1.807) is 6.92 Å². The summed E-state index contributed by atoms with van der Waals surface area (Å²) in [6.45, 7) is 4.89. The predicted molar refractivity (Wildman–Crippen MR) is 82.4 cm³/mol. The van der Waals surface area contributed by atoms with Gasteiger partial charge in [-0.15, -0.1) is 11.6 Å². The molecule has 2 aromatic rings. The Morgan fingerprint density at radius 3 is 2.70 bits per heavy atom. The number of hydrogen-bond acceptors (Lipinski definition) is 2. The van der Waals surface area contributed by atoms with Gasteiger partial charge in [0.05, 0.1) is 0 Å². The van der Waals surface area contributed by atoms with Gasteiger partial charge in [0.1, 0.15) is 5.38 Å². The van der Waals surface area contributed by atoms with Crippen molar-refractivity contribution in [2.45, 2.75) is 12.3 Å².